The summed E-state index contributed by atoms with van der Waals surface area (Å²) in [4.78, 5) is 18.2. The van der Waals surface area contributed by atoms with Gasteiger partial charge in [0.2, 0.25) is 5.91 Å². The largest absolute Gasteiger partial charge is 0.436 e. The van der Waals surface area contributed by atoms with Gasteiger partial charge in [0.05, 0.1) is 28.1 Å². The average molecular weight is 661 g/mol. The maximum atomic E-state index is 14.9. The molecule has 43 heavy (non-hydrogen) atoms. The molecule has 0 radical (unpaired) electrons. The normalized spacial score (nSPS) is 24.8. The van der Waals surface area contributed by atoms with Crippen molar-refractivity contribution >= 4 is 25.6 Å². The number of likely N-dealkylation sites (tertiary alicyclic amines) is 1. The lowest BCUT2D eigenvalue weighted by Crippen LogP contribution is -2.54. The number of pyridine rings is 1. The number of aryl methyl sites for hydroxylation is 1. The predicted octanol–water partition coefficient (Wildman–Crippen LogP) is 4.55. The Kier molecular flexibility index (Phi) is 7.43. The van der Waals surface area contributed by atoms with Crippen molar-refractivity contribution in [2.75, 3.05) is 18.1 Å². The SMILES string of the molecule is O=C(C1CCS(=O)(=O)CC1)N1CCC2(S(=O)(=O)c3ccc(F)cc3)c3ncc(C(F)(C(F)(F)F)C(F)(F)F)cc3CCC12. The first-order valence-electron chi connectivity index (χ1n) is 13.1. The number of carbonyl (C=O) groups is 1. The molecular formula is C26H24F8N2O5S2. The van der Waals surface area contributed by atoms with E-state index >= 15 is 0 Å². The molecule has 0 N–H and O–H groups in total. The molecule has 0 spiro atoms. The van der Waals surface area contributed by atoms with Gasteiger partial charge in [-0.3, -0.25) is 9.78 Å². The molecule has 1 aromatic heterocycles. The molecule has 7 nitrogen and oxygen atoms in total. The molecule has 236 valence electrons. The fourth-order valence-corrected chi connectivity index (χ4v) is 10.3. The fourth-order valence-electron chi connectivity index (χ4n) is 6.48. The van der Waals surface area contributed by atoms with Gasteiger partial charge in [-0.2, -0.15) is 26.3 Å². The van der Waals surface area contributed by atoms with Crippen molar-refractivity contribution in [3.63, 3.8) is 0 Å². The average Bonchev–Trinajstić information content (AvgIpc) is 3.32. The highest BCUT2D eigenvalue weighted by Gasteiger charge is 2.74. The Labute approximate surface area is 241 Å². The van der Waals surface area contributed by atoms with Gasteiger partial charge in [0, 0.05) is 24.2 Å². The van der Waals surface area contributed by atoms with Crippen molar-refractivity contribution in [1.82, 2.24) is 9.88 Å². The van der Waals surface area contributed by atoms with Crippen LogP contribution in [0.5, 0.6) is 0 Å². The topological polar surface area (TPSA) is 101 Å². The van der Waals surface area contributed by atoms with E-state index in [1.165, 1.54) is 4.90 Å². The van der Waals surface area contributed by atoms with Gasteiger partial charge in [0.1, 0.15) is 20.4 Å². The van der Waals surface area contributed by atoms with Crippen molar-refractivity contribution in [2.24, 2.45) is 5.92 Å². The van der Waals surface area contributed by atoms with Crippen LogP contribution in [-0.2, 0) is 41.3 Å². The van der Waals surface area contributed by atoms with E-state index in [4.69, 9.17) is 0 Å². The molecule has 1 amide bonds. The van der Waals surface area contributed by atoms with Crippen LogP contribution in [0.3, 0.4) is 0 Å². The third kappa shape index (κ3) is 4.80. The Morgan fingerprint density at radius 3 is 2.09 bits per heavy atom. The van der Waals surface area contributed by atoms with Crippen molar-refractivity contribution in [3.05, 3.63) is 59.2 Å². The molecule has 2 saturated heterocycles. The zero-order valence-electron chi connectivity index (χ0n) is 22.1. The number of nitrogens with zero attached hydrogens (tertiary/aromatic N) is 2. The molecule has 0 saturated carbocycles. The number of benzene rings is 1. The van der Waals surface area contributed by atoms with Crippen LogP contribution < -0.4 is 0 Å². The minimum Gasteiger partial charge on any atom is -0.337 e. The van der Waals surface area contributed by atoms with E-state index in [9.17, 15) is 56.8 Å². The number of carbonyl (C=O) groups excluding carboxylic acids is 1. The Balaban J connectivity index is 1.65. The highest BCUT2D eigenvalue weighted by atomic mass is 32.2. The van der Waals surface area contributed by atoms with Crippen molar-refractivity contribution in [3.8, 4) is 0 Å². The summed E-state index contributed by atoms with van der Waals surface area (Å²) in [6.45, 7) is -0.200. The summed E-state index contributed by atoms with van der Waals surface area (Å²) in [5.41, 5.74) is -8.45. The van der Waals surface area contributed by atoms with Gasteiger partial charge in [-0.25, -0.2) is 25.6 Å². The van der Waals surface area contributed by atoms with Gasteiger partial charge in [-0.05, 0) is 68.0 Å². The molecule has 3 aliphatic rings. The van der Waals surface area contributed by atoms with Crippen LogP contribution in [0, 0.1) is 11.7 Å². The highest BCUT2D eigenvalue weighted by molar-refractivity contribution is 7.92. The second kappa shape index (κ2) is 10.1. The minimum atomic E-state index is -6.42. The van der Waals surface area contributed by atoms with E-state index in [1.54, 1.807) is 0 Å². The third-order valence-corrected chi connectivity index (χ3v) is 12.9. The van der Waals surface area contributed by atoms with Crippen molar-refractivity contribution < 1.29 is 56.8 Å². The first-order chi connectivity index (χ1) is 19.8. The summed E-state index contributed by atoms with van der Waals surface area (Å²) in [7, 11) is -8.01. The van der Waals surface area contributed by atoms with Crippen LogP contribution in [0.4, 0.5) is 35.1 Å². The van der Waals surface area contributed by atoms with Crippen LogP contribution >= 0.6 is 0 Å². The molecule has 5 rings (SSSR count). The predicted molar refractivity (Wildman–Crippen MR) is 134 cm³/mol. The standard InChI is InChI=1S/C26H24F8N2O5S2/c27-18-2-4-19(5-3-18)43(40,41)23-9-10-36(22(37)15-7-11-42(38,39)12-8-15)20(23)6-1-16-13-17(14-35-21(16)23)24(28,25(29,30)31)26(32,33)34/h2-5,13-15,20H,1,6-12H2. The van der Waals surface area contributed by atoms with E-state index in [-0.39, 0.29) is 61.9 Å². The second-order valence-corrected chi connectivity index (χ2v) is 15.5. The van der Waals surface area contributed by atoms with Gasteiger partial charge in [0.25, 0.3) is 0 Å². The summed E-state index contributed by atoms with van der Waals surface area (Å²) < 4.78 is 160. The smallest absolute Gasteiger partial charge is 0.337 e. The summed E-state index contributed by atoms with van der Waals surface area (Å²) in [5.74, 6) is -2.58. The lowest BCUT2D eigenvalue weighted by molar-refractivity contribution is -0.348. The number of hydrogen-bond donors (Lipinski definition) is 0. The number of aromatic nitrogens is 1. The molecule has 2 fully saturated rings. The van der Waals surface area contributed by atoms with E-state index in [1.807, 2.05) is 0 Å². The van der Waals surface area contributed by atoms with Gasteiger partial charge < -0.3 is 4.90 Å². The molecule has 3 heterocycles. The lowest BCUT2D eigenvalue weighted by atomic mass is 9.80. The molecule has 2 unspecified atom stereocenters. The van der Waals surface area contributed by atoms with Gasteiger partial charge in [-0.15, -0.1) is 0 Å². The maximum absolute atomic E-state index is 14.9. The second-order valence-electron chi connectivity index (χ2n) is 11.0. The van der Waals surface area contributed by atoms with E-state index in [2.05, 4.69) is 4.98 Å². The van der Waals surface area contributed by atoms with Crippen LogP contribution in [0.15, 0.2) is 41.4 Å². The molecule has 17 heteroatoms. The first kappa shape index (κ1) is 31.6. The molecule has 2 aromatic rings. The lowest BCUT2D eigenvalue weighted by Gasteiger charge is -2.42. The quantitative estimate of drug-likeness (QED) is 0.353. The molecule has 1 aliphatic carbocycles. The van der Waals surface area contributed by atoms with Crippen LogP contribution in [0.25, 0.3) is 0 Å². The zero-order valence-corrected chi connectivity index (χ0v) is 23.7. The van der Waals surface area contributed by atoms with Crippen molar-refractivity contribution in [1.29, 1.82) is 0 Å². The number of alkyl halides is 7. The van der Waals surface area contributed by atoms with Gasteiger partial charge in [0.15, 0.2) is 9.84 Å². The number of sulfone groups is 2. The molecule has 2 atom stereocenters. The summed E-state index contributed by atoms with van der Waals surface area (Å²) in [5, 5.41) is 0. The number of hydrogen-bond acceptors (Lipinski definition) is 6. The number of halogens is 8. The molecule has 2 aliphatic heterocycles. The summed E-state index contributed by atoms with van der Waals surface area (Å²) >= 11 is 0. The Morgan fingerprint density at radius 2 is 1.53 bits per heavy atom. The van der Waals surface area contributed by atoms with E-state index in [0.29, 0.717) is 6.07 Å². The third-order valence-electron chi connectivity index (χ3n) is 8.66. The molecule has 0 bridgehead atoms. The molecule has 1 aromatic carbocycles. The summed E-state index contributed by atoms with van der Waals surface area (Å²) in [6.07, 6.45) is -13.8. The minimum absolute atomic E-state index is 0.00619. The number of amides is 1. The first-order valence-corrected chi connectivity index (χ1v) is 16.4. The molecular weight excluding hydrogens is 636 g/mol. The Bertz CT molecular complexity index is 1630. The summed E-state index contributed by atoms with van der Waals surface area (Å²) in [6, 6.07) is 2.70. The van der Waals surface area contributed by atoms with E-state index in [0.717, 1.165) is 24.3 Å². The Hall–Kier alpha value is -2.82. The zero-order chi connectivity index (χ0) is 31.8. The highest BCUT2D eigenvalue weighted by Crippen LogP contribution is 2.56. The van der Waals surface area contributed by atoms with Crippen LogP contribution in [-0.4, -0.2) is 69.1 Å². The fraction of sp³-hybridized carbons (Fsp3) is 0.538. The number of rotatable bonds is 4. The van der Waals surface area contributed by atoms with Crippen molar-refractivity contribution in [2.45, 2.75) is 65.8 Å². The Morgan fingerprint density at radius 1 is 0.953 bits per heavy atom. The van der Waals surface area contributed by atoms with E-state index < -0.39 is 82.3 Å². The van der Waals surface area contributed by atoms with Crippen LogP contribution in [0.1, 0.15) is 42.5 Å². The van der Waals surface area contributed by atoms with Gasteiger partial charge in [-0.1, -0.05) is 0 Å². The monoisotopic (exact) mass is 660 g/mol. The maximum Gasteiger partial charge on any atom is 0.436 e. The van der Waals surface area contributed by atoms with Crippen LogP contribution in [0.2, 0.25) is 0 Å². The number of fused-ring (bicyclic) bond motifs is 3. The van der Waals surface area contributed by atoms with Gasteiger partial charge >= 0.3 is 18.0 Å².